The van der Waals surface area contributed by atoms with Gasteiger partial charge in [0.15, 0.2) is 0 Å². The first kappa shape index (κ1) is 33.5. The summed E-state index contributed by atoms with van der Waals surface area (Å²) in [6.45, 7) is 1.26. The van der Waals surface area contributed by atoms with Crippen LogP contribution in [0.3, 0.4) is 0 Å². The van der Waals surface area contributed by atoms with Gasteiger partial charge in [0.1, 0.15) is 12.6 Å². The molecule has 7 nitrogen and oxygen atoms in total. The quantitative estimate of drug-likeness (QED) is 0.172. The first-order valence-corrected chi connectivity index (χ1v) is 17.5. The molecule has 1 fully saturated rings. The summed E-state index contributed by atoms with van der Waals surface area (Å²) in [7, 11) is -4.23. The molecule has 0 bridgehead atoms. The molecule has 1 N–H and O–H groups in total. The van der Waals surface area contributed by atoms with E-state index in [1.807, 2.05) is 36.4 Å². The number of nitrogens with one attached hydrogen (secondary N) is 1. The van der Waals surface area contributed by atoms with Gasteiger partial charge in [0.2, 0.25) is 11.8 Å². The average Bonchev–Trinajstić information content (AvgIpc) is 3.56. The third-order valence-corrected chi connectivity index (χ3v) is 10.7. The molecule has 5 rings (SSSR count). The summed E-state index contributed by atoms with van der Waals surface area (Å²) in [6.07, 6.45) is 4.06. The molecule has 4 aromatic carbocycles. The van der Waals surface area contributed by atoms with E-state index in [2.05, 4.69) is 5.32 Å². The van der Waals surface area contributed by atoms with Crippen molar-refractivity contribution in [3.05, 3.63) is 130 Å². The second kappa shape index (κ2) is 15.2. The first-order chi connectivity index (χ1) is 22.1. The van der Waals surface area contributed by atoms with Gasteiger partial charge >= 0.3 is 0 Å². The van der Waals surface area contributed by atoms with E-state index in [4.69, 9.17) is 23.2 Å². The molecule has 0 spiro atoms. The lowest BCUT2D eigenvalue weighted by molar-refractivity contribution is -0.140. The van der Waals surface area contributed by atoms with Crippen molar-refractivity contribution in [3.8, 4) is 0 Å². The summed E-state index contributed by atoms with van der Waals surface area (Å²) >= 11 is 12.7. The molecule has 10 heteroatoms. The molecule has 1 saturated carbocycles. The number of halogens is 2. The summed E-state index contributed by atoms with van der Waals surface area (Å²) in [4.78, 5) is 30.2. The van der Waals surface area contributed by atoms with Crippen molar-refractivity contribution in [2.24, 2.45) is 0 Å². The lowest BCUT2D eigenvalue weighted by Gasteiger charge is -2.34. The number of hydrogen-bond donors (Lipinski definition) is 1. The number of hydrogen-bond acceptors (Lipinski definition) is 4. The number of anilines is 1. The summed E-state index contributed by atoms with van der Waals surface area (Å²) in [6, 6.07) is 28.6. The average molecular weight is 679 g/mol. The van der Waals surface area contributed by atoms with Gasteiger partial charge in [-0.15, -0.1) is 0 Å². The van der Waals surface area contributed by atoms with E-state index in [0.29, 0.717) is 26.9 Å². The van der Waals surface area contributed by atoms with E-state index >= 15 is 0 Å². The van der Waals surface area contributed by atoms with Crippen LogP contribution in [-0.2, 0) is 32.6 Å². The van der Waals surface area contributed by atoms with Crippen molar-refractivity contribution in [2.75, 3.05) is 10.8 Å². The summed E-state index contributed by atoms with van der Waals surface area (Å²) in [5, 5.41) is 4.01. The van der Waals surface area contributed by atoms with Gasteiger partial charge in [-0.25, -0.2) is 8.42 Å². The van der Waals surface area contributed by atoms with Gasteiger partial charge in [-0.05, 0) is 72.9 Å². The number of sulfonamides is 1. The highest BCUT2D eigenvalue weighted by molar-refractivity contribution is 7.92. The second-order valence-electron chi connectivity index (χ2n) is 11.6. The van der Waals surface area contributed by atoms with Crippen LogP contribution in [0.15, 0.2) is 108 Å². The molecule has 0 radical (unpaired) electrons. The molecule has 0 unspecified atom stereocenters. The van der Waals surface area contributed by atoms with Crippen molar-refractivity contribution < 1.29 is 18.0 Å². The number of carbonyl (C=O) groups is 2. The minimum Gasteiger partial charge on any atom is -0.352 e. The van der Waals surface area contributed by atoms with Crippen LogP contribution in [0.4, 0.5) is 5.69 Å². The molecule has 0 heterocycles. The normalized spacial score (nSPS) is 14.1. The van der Waals surface area contributed by atoms with Crippen LogP contribution < -0.4 is 9.62 Å². The van der Waals surface area contributed by atoms with Crippen LogP contribution in [0.25, 0.3) is 0 Å². The summed E-state index contributed by atoms with van der Waals surface area (Å²) in [5.74, 6) is -0.817. The number of carbonyl (C=O) groups excluding carboxylic acids is 2. The van der Waals surface area contributed by atoms with Crippen LogP contribution in [0.1, 0.15) is 42.4 Å². The molecule has 2 amide bonds. The number of para-hydroxylation sites is 1. The fraction of sp³-hybridized carbons (Fsp3) is 0.278. The Labute approximate surface area is 281 Å². The largest absolute Gasteiger partial charge is 0.352 e. The lowest BCUT2D eigenvalue weighted by Crippen LogP contribution is -2.54. The first-order valence-electron chi connectivity index (χ1n) is 15.3. The standard InChI is InChI=1S/C36H37Cl2N3O4S/c1-26-11-5-10-18-33(26)41(46(44,45)31-21-19-29(37)20-22-31)25-35(42)40(24-28-14-6-9-17-32(28)38)34(23-27-12-3-2-4-13-27)36(43)39-30-15-7-8-16-30/h2-6,9-14,17-22,30,34H,7-8,15-16,23-25H2,1H3,(H,39,43)/t34-/m0/s1. The van der Waals surface area contributed by atoms with Crippen molar-refractivity contribution >= 4 is 50.7 Å². The zero-order valence-corrected chi connectivity index (χ0v) is 27.9. The monoisotopic (exact) mass is 677 g/mol. The highest BCUT2D eigenvalue weighted by Crippen LogP contribution is 2.29. The highest BCUT2D eigenvalue weighted by Gasteiger charge is 2.36. The van der Waals surface area contributed by atoms with Gasteiger partial charge < -0.3 is 10.2 Å². The van der Waals surface area contributed by atoms with Crippen molar-refractivity contribution in [3.63, 3.8) is 0 Å². The number of benzene rings is 4. The maximum atomic E-state index is 14.6. The number of aryl methyl sites for hydroxylation is 1. The van der Waals surface area contributed by atoms with E-state index in [1.165, 1.54) is 29.2 Å². The van der Waals surface area contributed by atoms with Crippen molar-refractivity contribution in [2.45, 2.75) is 62.6 Å². The fourth-order valence-electron chi connectivity index (χ4n) is 5.82. The minimum absolute atomic E-state index is 0.00887. The SMILES string of the molecule is Cc1ccccc1N(CC(=O)N(Cc1ccccc1Cl)[C@@H](Cc1ccccc1)C(=O)NC1CCCC1)S(=O)(=O)c1ccc(Cl)cc1. The Morgan fingerprint density at radius 2 is 1.48 bits per heavy atom. The Kier molecular flexibility index (Phi) is 11.0. The number of rotatable bonds is 12. The van der Waals surface area contributed by atoms with E-state index < -0.39 is 28.5 Å². The van der Waals surface area contributed by atoms with Crippen LogP contribution in [0.2, 0.25) is 10.0 Å². The predicted molar refractivity (Wildman–Crippen MR) is 183 cm³/mol. The van der Waals surface area contributed by atoms with Crippen LogP contribution >= 0.6 is 23.2 Å². The van der Waals surface area contributed by atoms with Crippen LogP contribution in [-0.4, -0.2) is 43.8 Å². The maximum absolute atomic E-state index is 14.6. The lowest BCUT2D eigenvalue weighted by atomic mass is 10.0. The molecular weight excluding hydrogens is 641 g/mol. The van der Waals surface area contributed by atoms with Crippen molar-refractivity contribution in [1.29, 1.82) is 0 Å². The van der Waals surface area contributed by atoms with Crippen LogP contribution in [0, 0.1) is 6.92 Å². The number of nitrogens with zero attached hydrogens (tertiary/aromatic N) is 2. The molecule has 0 aliphatic heterocycles. The molecule has 1 aliphatic carbocycles. The Bertz CT molecular complexity index is 1760. The van der Waals surface area contributed by atoms with Gasteiger partial charge in [0, 0.05) is 29.1 Å². The van der Waals surface area contributed by atoms with Gasteiger partial charge in [-0.1, -0.05) is 103 Å². The molecular formula is C36H37Cl2N3O4S. The molecule has 0 saturated heterocycles. The topological polar surface area (TPSA) is 86.8 Å². The fourth-order valence-corrected chi connectivity index (χ4v) is 7.62. The Balaban J connectivity index is 1.58. The van der Waals surface area contributed by atoms with Gasteiger partial charge in [-0.3, -0.25) is 13.9 Å². The zero-order chi connectivity index (χ0) is 32.7. The summed E-state index contributed by atoms with van der Waals surface area (Å²) < 4.78 is 29.5. The Morgan fingerprint density at radius 1 is 0.848 bits per heavy atom. The van der Waals surface area contributed by atoms with Crippen LogP contribution in [0.5, 0.6) is 0 Å². The van der Waals surface area contributed by atoms with E-state index in [1.54, 1.807) is 49.4 Å². The van der Waals surface area contributed by atoms with Gasteiger partial charge in [0.25, 0.3) is 10.0 Å². The predicted octanol–water partition coefficient (Wildman–Crippen LogP) is 7.20. The van der Waals surface area contributed by atoms with Crippen molar-refractivity contribution in [1.82, 2.24) is 10.2 Å². The molecule has 0 aromatic heterocycles. The third kappa shape index (κ3) is 8.10. The highest BCUT2D eigenvalue weighted by atomic mass is 35.5. The maximum Gasteiger partial charge on any atom is 0.264 e. The summed E-state index contributed by atoms with van der Waals surface area (Å²) in [5.41, 5.74) is 2.55. The van der Waals surface area contributed by atoms with E-state index in [9.17, 15) is 18.0 Å². The molecule has 1 aliphatic rings. The Morgan fingerprint density at radius 3 is 2.15 bits per heavy atom. The second-order valence-corrected chi connectivity index (χ2v) is 14.3. The third-order valence-electron chi connectivity index (χ3n) is 8.34. The van der Waals surface area contributed by atoms with E-state index in [0.717, 1.165) is 35.6 Å². The molecule has 240 valence electrons. The number of amides is 2. The molecule has 4 aromatic rings. The minimum atomic E-state index is -4.23. The Hall–Kier alpha value is -3.85. The van der Waals surface area contributed by atoms with E-state index in [-0.39, 0.29) is 29.8 Å². The molecule has 1 atom stereocenters. The van der Waals surface area contributed by atoms with Gasteiger partial charge in [-0.2, -0.15) is 0 Å². The molecule has 46 heavy (non-hydrogen) atoms. The van der Waals surface area contributed by atoms with Gasteiger partial charge in [0.05, 0.1) is 10.6 Å². The zero-order valence-electron chi connectivity index (χ0n) is 25.6. The smallest absolute Gasteiger partial charge is 0.264 e.